The maximum absolute atomic E-state index is 9.92. The second-order valence-electron chi connectivity index (χ2n) is 3.63. The third kappa shape index (κ3) is 2.71. The summed E-state index contributed by atoms with van der Waals surface area (Å²) in [5.41, 5.74) is 7.46. The van der Waals surface area contributed by atoms with Crippen LogP contribution in [0.4, 0.5) is 0 Å². The van der Waals surface area contributed by atoms with Crippen molar-refractivity contribution in [2.75, 3.05) is 7.11 Å². The van der Waals surface area contributed by atoms with E-state index in [0.29, 0.717) is 5.75 Å². The average molecular weight is 274 g/mol. The van der Waals surface area contributed by atoms with Gasteiger partial charge in [-0.3, -0.25) is 0 Å². The Balaban J connectivity index is 3.21. The van der Waals surface area contributed by atoms with E-state index in [-0.39, 0.29) is 6.04 Å². The molecule has 2 atom stereocenters. The van der Waals surface area contributed by atoms with Gasteiger partial charge in [-0.15, -0.1) is 0 Å². The second kappa shape index (κ2) is 4.96. The van der Waals surface area contributed by atoms with E-state index in [9.17, 15) is 5.11 Å². The number of ether oxygens (including phenoxy) is 1. The number of benzene rings is 1. The standard InChI is InChI=1S/C11H16BrNO2/c1-6-9(11(14)7(2)13)4-8(15-3)5-10(6)12/h4-5,7,11,14H,13H2,1-3H3. The molecule has 0 fully saturated rings. The number of halogens is 1. The fourth-order valence-corrected chi connectivity index (χ4v) is 1.84. The van der Waals surface area contributed by atoms with Gasteiger partial charge in [0.25, 0.3) is 0 Å². The lowest BCUT2D eigenvalue weighted by atomic mass is 9.99. The molecule has 0 heterocycles. The van der Waals surface area contributed by atoms with E-state index < -0.39 is 6.10 Å². The van der Waals surface area contributed by atoms with Crippen LogP contribution in [0.1, 0.15) is 24.2 Å². The quantitative estimate of drug-likeness (QED) is 0.888. The van der Waals surface area contributed by atoms with Gasteiger partial charge < -0.3 is 15.6 Å². The van der Waals surface area contributed by atoms with E-state index in [4.69, 9.17) is 10.5 Å². The number of rotatable bonds is 3. The zero-order valence-corrected chi connectivity index (χ0v) is 10.7. The minimum atomic E-state index is -0.670. The molecule has 0 saturated heterocycles. The molecule has 1 aromatic rings. The van der Waals surface area contributed by atoms with E-state index in [1.165, 1.54) is 0 Å². The van der Waals surface area contributed by atoms with Crippen LogP contribution in [-0.4, -0.2) is 18.3 Å². The summed E-state index contributed by atoms with van der Waals surface area (Å²) in [6.45, 7) is 3.71. The third-order valence-corrected chi connectivity index (χ3v) is 3.23. The lowest BCUT2D eigenvalue weighted by Crippen LogP contribution is -2.25. The van der Waals surface area contributed by atoms with Gasteiger partial charge in [0.1, 0.15) is 5.75 Å². The maximum atomic E-state index is 9.92. The van der Waals surface area contributed by atoms with Gasteiger partial charge in [-0.1, -0.05) is 15.9 Å². The zero-order valence-electron chi connectivity index (χ0n) is 9.12. The van der Waals surface area contributed by atoms with E-state index in [1.807, 2.05) is 19.1 Å². The molecule has 84 valence electrons. The van der Waals surface area contributed by atoms with Crippen LogP contribution in [0.2, 0.25) is 0 Å². The lowest BCUT2D eigenvalue weighted by Gasteiger charge is -2.19. The Morgan fingerprint density at radius 3 is 2.53 bits per heavy atom. The molecular weight excluding hydrogens is 258 g/mol. The first-order valence-electron chi connectivity index (χ1n) is 4.75. The van der Waals surface area contributed by atoms with E-state index in [0.717, 1.165) is 15.6 Å². The topological polar surface area (TPSA) is 55.5 Å². The molecule has 15 heavy (non-hydrogen) atoms. The van der Waals surface area contributed by atoms with Crippen molar-refractivity contribution in [3.8, 4) is 5.75 Å². The van der Waals surface area contributed by atoms with Crippen LogP contribution in [-0.2, 0) is 0 Å². The molecule has 0 bridgehead atoms. The Labute approximate surface area is 98.4 Å². The summed E-state index contributed by atoms with van der Waals surface area (Å²) < 4.78 is 6.05. The number of nitrogens with two attached hydrogens (primary N) is 1. The van der Waals surface area contributed by atoms with Crippen LogP contribution < -0.4 is 10.5 Å². The number of aliphatic hydroxyl groups excluding tert-OH is 1. The van der Waals surface area contributed by atoms with Gasteiger partial charge in [0.2, 0.25) is 0 Å². The predicted molar refractivity (Wildman–Crippen MR) is 64.0 cm³/mol. The van der Waals surface area contributed by atoms with E-state index >= 15 is 0 Å². The van der Waals surface area contributed by atoms with Crippen LogP contribution >= 0.6 is 15.9 Å². The average Bonchev–Trinajstić information content (AvgIpc) is 2.20. The van der Waals surface area contributed by atoms with E-state index in [1.54, 1.807) is 14.0 Å². The van der Waals surface area contributed by atoms with Gasteiger partial charge in [0, 0.05) is 10.5 Å². The molecule has 0 spiro atoms. The Hall–Kier alpha value is -0.580. The largest absolute Gasteiger partial charge is 0.497 e. The van der Waals surface area contributed by atoms with Crippen molar-refractivity contribution in [3.63, 3.8) is 0 Å². The van der Waals surface area contributed by atoms with Crippen LogP contribution in [0.15, 0.2) is 16.6 Å². The van der Waals surface area contributed by atoms with Gasteiger partial charge in [-0.25, -0.2) is 0 Å². The SMILES string of the molecule is COc1cc(Br)c(C)c(C(O)C(C)N)c1. The number of methoxy groups -OCH3 is 1. The Bertz CT molecular complexity index is 353. The Morgan fingerprint density at radius 2 is 2.07 bits per heavy atom. The summed E-state index contributed by atoms with van der Waals surface area (Å²) in [4.78, 5) is 0. The van der Waals surface area contributed by atoms with Crippen molar-refractivity contribution < 1.29 is 9.84 Å². The summed E-state index contributed by atoms with van der Waals surface area (Å²) in [5, 5.41) is 9.92. The highest BCUT2D eigenvalue weighted by Gasteiger charge is 2.17. The highest BCUT2D eigenvalue weighted by molar-refractivity contribution is 9.10. The van der Waals surface area contributed by atoms with Crippen molar-refractivity contribution in [2.24, 2.45) is 5.73 Å². The van der Waals surface area contributed by atoms with Crippen LogP contribution in [0.5, 0.6) is 5.75 Å². The molecule has 3 nitrogen and oxygen atoms in total. The summed E-state index contributed by atoms with van der Waals surface area (Å²) in [7, 11) is 1.60. The predicted octanol–water partition coefficient (Wildman–Crippen LogP) is 2.15. The van der Waals surface area contributed by atoms with Crippen LogP contribution in [0.3, 0.4) is 0 Å². The number of hydrogen-bond acceptors (Lipinski definition) is 3. The first kappa shape index (κ1) is 12.5. The second-order valence-corrected chi connectivity index (χ2v) is 4.48. The fraction of sp³-hybridized carbons (Fsp3) is 0.455. The lowest BCUT2D eigenvalue weighted by molar-refractivity contribution is 0.152. The molecule has 0 aliphatic rings. The monoisotopic (exact) mass is 273 g/mol. The molecular formula is C11H16BrNO2. The molecule has 0 aromatic heterocycles. The maximum Gasteiger partial charge on any atom is 0.120 e. The summed E-state index contributed by atoms with van der Waals surface area (Å²) in [6, 6.07) is 3.38. The number of aliphatic hydroxyl groups is 1. The van der Waals surface area contributed by atoms with Crippen molar-refractivity contribution in [1.29, 1.82) is 0 Å². The molecule has 0 radical (unpaired) electrons. The molecule has 0 aliphatic carbocycles. The van der Waals surface area contributed by atoms with E-state index in [2.05, 4.69) is 15.9 Å². The Morgan fingerprint density at radius 1 is 1.47 bits per heavy atom. The Kier molecular flexibility index (Phi) is 4.13. The molecule has 0 amide bonds. The third-order valence-electron chi connectivity index (χ3n) is 2.41. The minimum Gasteiger partial charge on any atom is -0.497 e. The van der Waals surface area contributed by atoms with Crippen molar-refractivity contribution in [1.82, 2.24) is 0 Å². The van der Waals surface area contributed by atoms with Gasteiger partial charge in [0.05, 0.1) is 13.2 Å². The summed E-state index contributed by atoms with van der Waals surface area (Å²) in [6.07, 6.45) is -0.670. The highest BCUT2D eigenvalue weighted by Crippen LogP contribution is 2.30. The molecule has 1 rings (SSSR count). The summed E-state index contributed by atoms with van der Waals surface area (Å²) >= 11 is 3.42. The molecule has 4 heteroatoms. The van der Waals surface area contributed by atoms with Gasteiger partial charge in [0.15, 0.2) is 0 Å². The van der Waals surface area contributed by atoms with Crippen LogP contribution in [0, 0.1) is 6.92 Å². The van der Waals surface area contributed by atoms with Crippen molar-refractivity contribution >= 4 is 15.9 Å². The molecule has 3 N–H and O–H groups in total. The minimum absolute atomic E-state index is 0.303. The number of hydrogen-bond donors (Lipinski definition) is 2. The van der Waals surface area contributed by atoms with Crippen LogP contribution in [0.25, 0.3) is 0 Å². The van der Waals surface area contributed by atoms with Crippen molar-refractivity contribution in [2.45, 2.75) is 26.0 Å². The molecule has 0 saturated carbocycles. The first-order chi connectivity index (χ1) is 6.97. The fourth-order valence-electron chi connectivity index (χ4n) is 1.38. The molecule has 0 aliphatic heterocycles. The molecule has 1 aromatic carbocycles. The highest BCUT2D eigenvalue weighted by atomic mass is 79.9. The van der Waals surface area contributed by atoms with Gasteiger partial charge in [-0.2, -0.15) is 0 Å². The van der Waals surface area contributed by atoms with Gasteiger partial charge >= 0.3 is 0 Å². The normalized spacial score (nSPS) is 14.8. The zero-order chi connectivity index (χ0) is 11.6. The van der Waals surface area contributed by atoms with Crippen molar-refractivity contribution in [3.05, 3.63) is 27.7 Å². The smallest absolute Gasteiger partial charge is 0.120 e. The summed E-state index contributed by atoms with van der Waals surface area (Å²) in [5.74, 6) is 0.710. The molecule has 2 unspecified atom stereocenters. The van der Waals surface area contributed by atoms with Gasteiger partial charge in [-0.05, 0) is 37.1 Å². The first-order valence-corrected chi connectivity index (χ1v) is 5.54.